The van der Waals surface area contributed by atoms with Crippen LogP contribution in [0.25, 0.3) is 0 Å². The molecule has 2 aromatic carbocycles. The highest BCUT2D eigenvalue weighted by molar-refractivity contribution is 8.15. The molecule has 2 N–H and O–H groups in total. The Morgan fingerprint density at radius 1 is 1.22 bits per heavy atom. The van der Waals surface area contributed by atoms with Gasteiger partial charge in [0.25, 0.3) is 0 Å². The van der Waals surface area contributed by atoms with Crippen LogP contribution in [-0.2, 0) is 9.59 Å². The van der Waals surface area contributed by atoms with Gasteiger partial charge in [-0.25, -0.2) is 0 Å². The average molecular weight is 382 g/mol. The quantitative estimate of drug-likeness (QED) is 0.593. The molecule has 3 rings (SSSR count). The van der Waals surface area contributed by atoms with E-state index in [0.29, 0.717) is 16.6 Å². The first-order chi connectivity index (χ1) is 13.2. The average Bonchev–Trinajstić information content (AvgIpc) is 3.02. The Bertz CT molecular complexity index is 884. The predicted octanol–water partition coefficient (Wildman–Crippen LogP) is 2.65. The van der Waals surface area contributed by atoms with Crippen LogP contribution in [0.1, 0.15) is 12.0 Å². The lowest BCUT2D eigenvalue weighted by atomic mass is 10.2. The molecule has 0 spiro atoms. The lowest BCUT2D eigenvalue weighted by Crippen LogP contribution is -2.28. The fourth-order valence-corrected chi connectivity index (χ4v) is 3.32. The number of carbonyl (C=O) groups excluding carboxylic acids is 2. The van der Waals surface area contributed by atoms with E-state index < -0.39 is 5.25 Å². The summed E-state index contributed by atoms with van der Waals surface area (Å²) in [4.78, 5) is 24.3. The molecule has 0 saturated carbocycles. The Kier molecular flexibility index (Phi) is 6.22. The zero-order chi connectivity index (χ0) is 19.1. The molecule has 138 valence electrons. The normalized spacial score (nSPS) is 17.9. The first-order valence-electron chi connectivity index (χ1n) is 8.22. The van der Waals surface area contributed by atoms with Gasteiger partial charge in [-0.05, 0) is 17.7 Å². The zero-order valence-electron chi connectivity index (χ0n) is 14.6. The molecule has 1 aliphatic rings. The molecular weight excluding hydrogens is 364 g/mol. The number of nitrogens with one attached hydrogen (secondary N) is 2. The van der Waals surface area contributed by atoms with Crippen molar-refractivity contribution in [3.05, 3.63) is 60.2 Å². The minimum Gasteiger partial charge on any atom is -0.495 e. The number of nitrogens with zero attached hydrogens (tertiary/aromatic N) is 2. The first-order valence-corrected chi connectivity index (χ1v) is 9.10. The van der Waals surface area contributed by atoms with Gasteiger partial charge in [0.2, 0.25) is 11.8 Å². The van der Waals surface area contributed by atoms with Crippen LogP contribution >= 0.6 is 11.8 Å². The summed E-state index contributed by atoms with van der Waals surface area (Å²) in [6.07, 6.45) is 1.62. The topological polar surface area (TPSA) is 92.2 Å². The van der Waals surface area contributed by atoms with Crippen LogP contribution in [-0.4, -0.2) is 35.6 Å². The Hall–Kier alpha value is -3.13. The largest absolute Gasteiger partial charge is 0.495 e. The Morgan fingerprint density at radius 3 is 2.74 bits per heavy atom. The number of ether oxygens (including phenoxy) is 1. The highest BCUT2D eigenvalue weighted by Gasteiger charge is 2.32. The summed E-state index contributed by atoms with van der Waals surface area (Å²) in [5.41, 5.74) is 1.47. The second-order valence-corrected chi connectivity index (χ2v) is 6.80. The number of amidine groups is 1. The standard InChI is InChI=1S/C19H18N4O3S/c1-26-15-10-6-5-9-14(15)21-17(24)11-16-18(25)22-19(27-16)23-20-12-13-7-3-2-4-8-13/h2-10,12,16H,11H2,1H3,(H,21,24)(H,22,23,25)/b20-12+. The minimum absolute atomic E-state index is 0.0238. The van der Waals surface area contributed by atoms with Gasteiger partial charge in [-0.1, -0.05) is 54.2 Å². The van der Waals surface area contributed by atoms with Crippen molar-refractivity contribution in [2.45, 2.75) is 11.7 Å². The van der Waals surface area contributed by atoms with E-state index in [9.17, 15) is 9.59 Å². The van der Waals surface area contributed by atoms with E-state index in [-0.39, 0.29) is 18.2 Å². The molecule has 0 bridgehead atoms. The molecule has 27 heavy (non-hydrogen) atoms. The molecule has 0 radical (unpaired) electrons. The Balaban J connectivity index is 1.56. The van der Waals surface area contributed by atoms with Gasteiger partial charge in [0.1, 0.15) is 11.0 Å². The van der Waals surface area contributed by atoms with Crippen LogP contribution in [0.4, 0.5) is 5.69 Å². The van der Waals surface area contributed by atoms with E-state index in [2.05, 4.69) is 20.8 Å². The van der Waals surface area contributed by atoms with E-state index in [0.717, 1.165) is 5.56 Å². The van der Waals surface area contributed by atoms with Crippen molar-refractivity contribution in [1.82, 2.24) is 5.32 Å². The van der Waals surface area contributed by atoms with Gasteiger partial charge in [0, 0.05) is 6.42 Å². The second kappa shape index (κ2) is 9.00. The summed E-state index contributed by atoms with van der Waals surface area (Å²) in [5, 5.41) is 13.2. The fourth-order valence-electron chi connectivity index (χ4n) is 2.39. The molecule has 2 amide bonds. The molecule has 1 unspecified atom stereocenters. The van der Waals surface area contributed by atoms with Crippen LogP contribution in [0.3, 0.4) is 0 Å². The third kappa shape index (κ3) is 5.18. The maximum absolute atomic E-state index is 12.3. The number of benzene rings is 2. The van der Waals surface area contributed by atoms with Gasteiger partial charge in [0.05, 0.1) is 19.0 Å². The fraction of sp³-hybridized carbons (Fsp3) is 0.158. The Labute approximate surface area is 160 Å². The number of amides is 2. The van der Waals surface area contributed by atoms with Crippen LogP contribution in [0.15, 0.2) is 64.8 Å². The maximum atomic E-state index is 12.3. The predicted molar refractivity (Wildman–Crippen MR) is 107 cm³/mol. The van der Waals surface area contributed by atoms with Crippen molar-refractivity contribution in [1.29, 1.82) is 0 Å². The van der Waals surface area contributed by atoms with E-state index in [1.165, 1.54) is 18.9 Å². The number of carbonyl (C=O) groups is 2. The van der Waals surface area contributed by atoms with E-state index in [4.69, 9.17) is 4.74 Å². The van der Waals surface area contributed by atoms with Gasteiger partial charge in [-0.2, -0.15) is 5.10 Å². The molecular formula is C19H18N4O3S. The van der Waals surface area contributed by atoms with Crippen molar-refractivity contribution in [3.8, 4) is 5.75 Å². The van der Waals surface area contributed by atoms with Crippen molar-refractivity contribution >= 4 is 40.6 Å². The van der Waals surface area contributed by atoms with E-state index in [1.54, 1.807) is 24.4 Å². The van der Waals surface area contributed by atoms with Crippen molar-refractivity contribution < 1.29 is 14.3 Å². The third-order valence-corrected chi connectivity index (χ3v) is 4.76. The SMILES string of the molecule is COc1ccccc1NC(=O)CC1S/C(=N/N=C/c2ccccc2)NC1=O. The van der Waals surface area contributed by atoms with Gasteiger partial charge in [-0.15, -0.1) is 5.10 Å². The van der Waals surface area contributed by atoms with Crippen molar-refractivity contribution in [3.63, 3.8) is 0 Å². The minimum atomic E-state index is -0.551. The second-order valence-electron chi connectivity index (χ2n) is 5.61. The van der Waals surface area contributed by atoms with Gasteiger partial charge >= 0.3 is 0 Å². The Morgan fingerprint density at radius 2 is 1.96 bits per heavy atom. The van der Waals surface area contributed by atoms with Gasteiger partial charge in [0.15, 0.2) is 5.17 Å². The van der Waals surface area contributed by atoms with Crippen molar-refractivity contribution in [2.24, 2.45) is 10.2 Å². The van der Waals surface area contributed by atoms with Gasteiger partial charge in [-0.3, -0.25) is 9.59 Å². The monoisotopic (exact) mass is 382 g/mol. The third-order valence-electron chi connectivity index (χ3n) is 3.68. The number of rotatable bonds is 6. The molecule has 0 aromatic heterocycles. The molecule has 1 atom stereocenters. The summed E-state index contributed by atoms with van der Waals surface area (Å²) < 4.78 is 5.20. The lowest BCUT2D eigenvalue weighted by molar-refractivity contribution is -0.122. The summed E-state index contributed by atoms with van der Waals surface area (Å²) in [6, 6.07) is 16.6. The number of para-hydroxylation sites is 2. The summed E-state index contributed by atoms with van der Waals surface area (Å²) >= 11 is 1.19. The number of hydrogen-bond acceptors (Lipinski definition) is 6. The van der Waals surface area contributed by atoms with Crippen LogP contribution in [0.2, 0.25) is 0 Å². The molecule has 1 heterocycles. The highest BCUT2D eigenvalue weighted by atomic mass is 32.2. The molecule has 1 fully saturated rings. The molecule has 2 aromatic rings. The number of methoxy groups -OCH3 is 1. The summed E-state index contributed by atoms with van der Waals surface area (Å²) in [7, 11) is 1.53. The zero-order valence-corrected chi connectivity index (χ0v) is 15.4. The molecule has 8 heteroatoms. The number of thioether (sulfide) groups is 1. The number of hydrogen-bond donors (Lipinski definition) is 2. The smallest absolute Gasteiger partial charge is 0.240 e. The molecule has 1 saturated heterocycles. The molecule has 0 aliphatic carbocycles. The summed E-state index contributed by atoms with van der Waals surface area (Å²) in [5.74, 6) is 0.0249. The molecule has 7 nitrogen and oxygen atoms in total. The molecule has 1 aliphatic heterocycles. The van der Waals surface area contributed by atoms with Crippen LogP contribution in [0.5, 0.6) is 5.75 Å². The van der Waals surface area contributed by atoms with Crippen LogP contribution in [0, 0.1) is 0 Å². The van der Waals surface area contributed by atoms with Crippen LogP contribution < -0.4 is 15.4 Å². The summed E-state index contributed by atoms with van der Waals surface area (Å²) in [6.45, 7) is 0. The van der Waals surface area contributed by atoms with E-state index >= 15 is 0 Å². The lowest BCUT2D eigenvalue weighted by Gasteiger charge is -2.10. The van der Waals surface area contributed by atoms with Crippen molar-refractivity contribution in [2.75, 3.05) is 12.4 Å². The highest BCUT2D eigenvalue weighted by Crippen LogP contribution is 2.26. The maximum Gasteiger partial charge on any atom is 0.240 e. The van der Waals surface area contributed by atoms with Gasteiger partial charge < -0.3 is 15.4 Å². The first kappa shape index (κ1) is 18.7. The number of anilines is 1. The van der Waals surface area contributed by atoms with E-state index in [1.807, 2.05) is 36.4 Å².